The van der Waals surface area contributed by atoms with Crippen LogP contribution >= 0.6 is 0 Å². The van der Waals surface area contributed by atoms with E-state index >= 15 is 0 Å². The summed E-state index contributed by atoms with van der Waals surface area (Å²) >= 11 is 0. The maximum atomic E-state index is 13.0. The summed E-state index contributed by atoms with van der Waals surface area (Å²) in [5.41, 5.74) is 1.54. The first-order chi connectivity index (χ1) is 14.8. The van der Waals surface area contributed by atoms with E-state index in [2.05, 4.69) is 5.32 Å². The highest BCUT2D eigenvalue weighted by molar-refractivity contribution is 7.92. The number of carbonyl (C=O) groups is 2. The summed E-state index contributed by atoms with van der Waals surface area (Å²) < 4.78 is 31.5. The topological polar surface area (TPSA) is 92.8 Å². The van der Waals surface area contributed by atoms with Crippen LogP contribution in [-0.2, 0) is 14.8 Å². The first kappa shape index (κ1) is 20.6. The average molecular weight is 436 g/mol. The number of fused-ring (bicyclic) bond motifs is 1. The second-order valence-corrected chi connectivity index (χ2v) is 9.01. The van der Waals surface area contributed by atoms with Crippen LogP contribution in [0, 0.1) is 0 Å². The van der Waals surface area contributed by atoms with Crippen molar-refractivity contribution in [3.63, 3.8) is 0 Å². The SMILES string of the molecule is CS(=O)(=O)N1C[C@H](C(=O)Nc2ccccc2C(=O)c2ccccc2)Oc2ccccc21. The molecule has 1 N–H and O–H groups in total. The summed E-state index contributed by atoms with van der Waals surface area (Å²) in [6.07, 6.45) is 0.00208. The normalized spacial score (nSPS) is 15.5. The van der Waals surface area contributed by atoms with Gasteiger partial charge in [-0.15, -0.1) is 0 Å². The maximum absolute atomic E-state index is 13.0. The Kier molecular flexibility index (Phi) is 5.48. The first-order valence-electron chi connectivity index (χ1n) is 9.57. The van der Waals surface area contributed by atoms with Crippen LogP contribution in [0.15, 0.2) is 78.9 Å². The summed E-state index contributed by atoms with van der Waals surface area (Å²) in [6, 6.07) is 22.1. The molecule has 0 aliphatic carbocycles. The first-order valence-corrected chi connectivity index (χ1v) is 11.4. The molecule has 1 aliphatic heterocycles. The molecule has 0 radical (unpaired) electrons. The molecular weight excluding hydrogens is 416 g/mol. The van der Waals surface area contributed by atoms with E-state index in [0.717, 1.165) is 10.6 Å². The van der Waals surface area contributed by atoms with Crippen molar-refractivity contribution in [2.75, 3.05) is 22.4 Å². The molecule has 4 rings (SSSR count). The zero-order chi connectivity index (χ0) is 22.0. The predicted molar refractivity (Wildman–Crippen MR) is 118 cm³/mol. The highest BCUT2D eigenvalue weighted by Gasteiger charge is 2.35. The van der Waals surface area contributed by atoms with Gasteiger partial charge in [0.05, 0.1) is 24.2 Å². The van der Waals surface area contributed by atoms with Gasteiger partial charge in [0, 0.05) is 11.1 Å². The van der Waals surface area contributed by atoms with Gasteiger partial charge in [0.2, 0.25) is 10.0 Å². The van der Waals surface area contributed by atoms with Gasteiger partial charge in [-0.1, -0.05) is 54.6 Å². The van der Waals surface area contributed by atoms with Crippen LogP contribution in [0.5, 0.6) is 5.75 Å². The highest BCUT2D eigenvalue weighted by Crippen LogP contribution is 2.35. The monoisotopic (exact) mass is 436 g/mol. The van der Waals surface area contributed by atoms with Crippen molar-refractivity contribution in [1.82, 2.24) is 0 Å². The van der Waals surface area contributed by atoms with Gasteiger partial charge >= 0.3 is 0 Å². The van der Waals surface area contributed by atoms with Crippen molar-refractivity contribution < 1.29 is 22.7 Å². The molecule has 0 saturated heterocycles. The van der Waals surface area contributed by atoms with Crippen LogP contribution in [0.2, 0.25) is 0 Å². The lowest BCUT2D eigenvalue weighted by Gasteiger charge is -2.33. The van der Waals surface area contributed by atoms with Gasteiger partial charge in [0.25, 0.3) is 5.91 Å². The van der Waals surface area contributed by atoms with Crippen LogP contribution in [0.3, 0.4) is 0 Å². The van der Waals surface area contributed by atoms with Crippen LogP contribution in [-0.4, -0.2) is 39.0 Å². The number of hydrogen-bond acceptors (Lipinski definition) is 5. The second-order valence-electron chi connectivity index (χ2n) is 7.10. The van der Waals surface area contributed by atoms with Crippen LogP contribution in [0.4, 0.5) is 11.4 Å². The van der Waals surface area contributed by atoms with E-state index in [9.17, 15) is 18.0 Å². The van der Waals surface area contributed by atoms with Crippen molar-refractivity contribution in [2.45, 2.75) is 6.10 Å². The van der Waals surface area contributed by atoms with Crippen molar-refractivity contribution in [1.29, 1.82) is 0 Å². The Morgan fingerprint density at radius 3 is 2.32 bits per heavy atom. The molecule has 1 heterocycles. The number of ketones is 1. The van der Waals surface area contributed by atoms with Gasteiger partial charge in [0.1, 0.15) is 5.75 Å². The third kappa shape index (κ3) is 4.29. The van der Waals surface area contributed by atoms with Crippen LogP contribution in [0.25, 0.3) is 0 Å². The Labute approximate surface area is 180 Å². The molecule has 1 amide bonds. The van der Waals surface area contributed by atoms with Crippen LogP contribution in [0.1, 0.15) is 15.9 Å². The second kappa shape index (κ2) is 8.23. The number of amides is 1. The number of nitrogens with zero attached hydrogens (tertiary/aromatic N) is 1. The minimum Gasteiger partial charge on any atom is -0.476 e. The Morgan fingerprint density at radius 2 is 1.58 bits per heavy atom. The predicted octanol–water partition coefficient (Wildman–Crippen LogP) is 3.08. The fraction of sp³-hybridized carbons (Fsp3) is 0.130. The van der Waals surface area contributed by atoms with Crippen molar-refractivity contribution in [3.8, 4) is 5.75 Å². The van der Waals surface area contributed by atoms with E-state index in [1.165, 1.54) is 0 Å². The number of nitrogens with one attached hydrogen (secondary N) is 1. The third-order valence-electron chi connectivity index (χ3n) is 4.89. The lowest BCUT2D eigenvalue weighted by Crippen LogP contribution is -2.48. The van der Waals surface area contributed by atoms with Gasteiger partial charge in [-0.05, 0) is 24.3 Å². The Hall–Kier alpha value is -3.65. The third-order valence-corrected chi connectivity index (χ3v) is 6.04. The quantitative estimate of drug-likeness (QED) is 0.621. The Balaban J connectivity index is 1.61. The van der Waals surface area contributed by atoms with E-state index in [0.29, 0.717) is 28.3 Å². The number of benzene rings is 3. The van der Waals surface area contributed by atoms with Crippen molar-refractivity contribution in [3.05, 3.63) is 90.0 Å². The van der Waals surface area contributed by atoms with Gasteiger partial charge in [-0.2, -0.15) is 0 Å². The van der Waals surface area contributed by atoms with E-state index in [-0.39, 0.29) is 12.3 Å². The summed E-state index contributed by atoms with van der Waals surface area (Å²) in [4.78, 5) is 25.9. The molecule has 0 aromatic heterocycles. The van der Waals surface area contributed by atoms with Gasteiger partial charge in [-0.3, -0.25) is 13.9 Å². The number of anilines is 2. The molecule has 0 saturated carbocycles. The minimum absolute atomic E-state index is 0.170. The van der Waals surface area contributed by atoms with E-state index in [1.54, 1.807) is 72.8 Å². The van der Waals surface area contributed by atoms with E-state index in [1.807, 2.05) is 6.07 Å². The molecule has 3 aromatic carbocycles. The molecule has 0 unspecified atom stereocenters. The van der Waals surface area contributed by atoms with Gasteiger partial charge < -0.3 is 10.1 Å². The van der Waals surface area contributed by atoms with Crippen molar-refractivity contribution >= 4 is 33.1 Å². The molecule has 7 nitrogen and oxygen atoms in total. The van der Waals surface area contributed by atoms with Gasteiger partial charge in [0.15, 0.2) is 11.9 Å². The molecule has 0 fully saturated rings. The summed E-state index contributed by atoms with van der Waals surface area (Å²) in [6.45, 7) is -0.170. The molecule has 31 heavy (non-hydrogen) atoms. The number of ether oxygens (including phenoxy) is 1. The average Bonchev–Trinajstić information content (AvgIpc) is 2.78. The Morgan fingerprint density at radius 1 is 0.935 bits per heavy atom. The molecular formula is C23H20N2O5S. The highest BCUT2D eigenvalue weighted by atomic mass is 32.2. The fourth-order valence-electron chi connectivity index (χ4n) is 3.40. The van der Waals surface area contributed by atoms with Gasteiger partial charge in [-0.25, -0.2) is 8.42 Å². The molecule has 158 valence electrons. The van der Waals surface area contributed by atoms with E-state index < -0.39 is 22.0 Å². The lowest BCUT2D eigenvalue weighted by atomic mass is 10.0. The summed E-state index contributed by atoms with van der Waals surface area (Å²) in [7, 11) is -3.62. The lowest BCUT2D eigenvalue weighted by molar-refractivity contribution is -0.122. The molecule has 3 aromatic rings. The largest absolute Gasteiger partial charge is 0.476 e. The zero-order valence-electron chi connectivity index (χ0n) is 16.7. The standard InChI is InChI=1S/C23H20N2O5S/c1-31(28,29)25-15-21(30-20-14-8-7-13-19(20)25)23(27)24-18-12-6-5-11-17(18)22(26)16-9-3-2-4-10-16/h2-14,21H,15H2,1H3,(H,24,27)/t21-/m1/s1. The molecule has 0 spiro atoms. The number of rotatable bonds is 5. The number of carbonyl (C=O) groups excluding carboxylic acids is 2. The summed E-state index contributed by atoms with van der Waals surface area (Å²) in [5, 5.41) is 2.73. The Bertz CT molecular complexity index is 1240. The summed E-state index contributed by atoms with van der Waals surface area (Å²) in [5.74, 6) is -0.478. The minimum atomic E-state index is -3.62. The zero-order valence-corrected chi connectivity index (χ0v) is 17.5. The molecule has 1 atom stereocenters. The van der Waals surface area contributed by atoms with E-state index in [4.69, 9.17) is 4.74 Å². The number of sulfonamides is 1. The molecule has 1 aliphatic rings. The number of hydrogen-bond donors (Lipinski definition) is 1. The fourth-order valence-corrected chi connectivity index (χ4v) is 4.32. The molecule has 8 heteroatoms. The van der Waals surface area contributed by atoms with Crippen LogP contribution < -0.4 is 14.4 Å². The molecule has 0 bridgehead atoms. The van der Waals surface area contributed by atoms with Crippen molar-refractivity contribution in [2.24, 2.45) is 0 Å². The smallest absolute Gasteiger partial charge is 0.267 e. The maximum Gasteiger partial charge on any atom is 0.267 e. The number of para-hydroxylation sites is 3.